The summed E-state index contributed by atoms with van der Waals surface area (Å²) in [5.41, 5.74) is 1.43. The van der Waals surface area contributed by atoms with Crippen molar-refractivity contribution < 1.29 is 29.3 Å². The van der Waals surface area contributed by atoms with E-state index < -0.39 is 42.3 Å². The molecule has 26 heavy (non-hydrogen) atoms. The molecule has 0 spiro atoms. The predicted molar refractivity (Wildman–Crippen MR) is 93.9 cm³/mol. The fourth-order valence-corrected chi connectivity index (χ4v) is 4.58. The van der Waals surface area contributed by atoms with Gasteiger partial charge in [-0.3, -0.25) is 0 Å². The van der Waals surface area contributed by atoms with Gasteiger partial charge in [-0.25, -0.2) is 9.59 Å². The van der Waals surface area contributed by atoms with Crippen LogP contribution in [0.1, 0.15) is 40.0 Å². The highest BCUT2D eigenvalue weighted by Crippen LogP contribution is 2.56. The molecule has 0 aromatic carbocycles. The topological polar surface area (TPSA) is 93.1 Å². The van der Waals surface area contributed by atoms with Gasteiger partial charge >= 0.3 is 11.9 Å². The van der Waals surface area contributed by atoms with Crippen LogP contribution in [-0.4, -0.2) is 47.1 Å². The molecule has 0 aromatic rings. The molecule has 2 fully saturated rings. The molecule has 3 rings (SSSR count). The van der Waals surface area contributed by atoms with Crippen LogP contribution in [-0.2, 0) is 19.1 Å². The number of aliphatic hydroxyl groups is 2. The highest BCUT2D eigenvalue weighted by atomic mass is 16.6. The first-order chi connectivity index (χ1) is 12.2. The Morgan fingerprint density at radius 3 is 2.81 bits per heavy atom. The minimum Gasteiger partial charge on any atom is -0.454 e. The molecule has 2 N–H and O–H groups in total. The van der Waals surface area contributed by atoms with Gasteiger partial charge in [0.2, 0.25) is 0 Å². The summed E-state index contributed by atoms with van der Waals surface area (Å²) >= 11 is 0. The third-order valence-corrected chi connectivity index (χ3v) is 6.22. The van der Waals surface area contributed by atoms with Crippen LogP contribution in [0.3, 0.4) is 0 Å². The quantitative estimate of drug-likeness (QED) is 0.452. The Morgan fingerprint density at radius 1 is 1.50 bits per heavy atom. The van der Waals surface area contributed by atoms with E-state index in [1.54, 1.807) is 19.9 Å². The van der Waals surface area contributed by atoms with E-state index in [9.17, 15) is 19.8 Å². The van der Waals surface area contributed by atoms with E-state index >= 15 is 0 Å². The predicted octanol–water partition coefficient (Wildman–Crippen LogP) is 1.82. The van der Waals surface area contributed by atoms with Gasteiger partial charge < -0.3 is 19.7 Å². The SMILES string of the molecule is C=C1CCC(O)C2(C)CC(OC(=O)C(C)=CC)C3=C(CO)C(=O)OC3C12. The van der Waals surface area contributed by atoms with Crippen molar-refractivity contribution in [2.24, 2.45) is 11.3 Å². The zero-order valence-electron chi connectivity index (χ0n) is 15.4. The molecule has 1 heterocycles. The summed E-state index contributed by atoms with van der Waals surface area (Å²) in [5.74, 6) is -1.33. The minimum absolute atomic E-state index is 0.154. The molecule has 0 amide bonds. The van der Waals surface area contributed by atoms with Gasteiger partial charge in [-0.2, -0.15) is 0 Å². The van der Waals surface area contributed by atoms with Crippen LogP contribution in [0, 0.1) is 11.3 Å². The van der Waals surface area contributed by atoms with Gasteiger partial charge in [0, 0.05) is 22.5 Å². The first-order valence-electron chi connectivity index (χ1n) is 8.99. The molecule has 2 saturated carbocycles. The van der Waals surface area contributed by atoms with Crippen molar-refractivity contribution in [3.8, 4) is 0 Å². The lowest BCUT2D eigenvalue weighted by atomic mass is 9.55. The molecule has 0 radical (unpaired) electrons. The fourth-order valence-electron chi connectivity index (χ4n) is 4.58. The second-order valence-electron chi connectivity index (χ2n) is 7.68. The van der Waals surface area contributed by atoms with Crippen LogP contribution in [0.2, 0.25) is 0 Å². The minimum atomic E-state index is -0.724. The molecule has 0 saturated heterocycles. The van der Waals surface area contributed by atoms with Crippen LogP contribution in [0.25, 0.3) is 0 Å². The Bertz CT molecular complexity index is 718. The van der Waals surface area contributed by atoms with Crippen molar-refractivity contribution in [1.29, 1.82) is 0 Å². The summed E-state index contributed by atoms with van der Waals surface area (Å²) in [6.07, 6.45) is 1.24. The van der Waals surface area contributed by atoms with E-state index in [4.69, 9.17) is 9.47 Å². The summed E-state index contributed by atoms with van der Waals surface area (Å²) < 4.78 is 11.3. The zero-order valence-corrected chi connectivity index (χ0v) is 15.4. The lowest BCUT2D eigenvalue weighted by Crippen LogP contribution is -2.56. The molecular formula is C20H26O6. The monoisotopic (exact) mass is 362 g/mol. The van der Waals surface area contributed by atoms with Crippen molar-refractivity contribution in [2.75, 3.05) is 6.61 Å². The molecular weight excluding hydrogens is 336 g/mol. The highest BCUT2D eigenvalue weighted by molar-refractivity contribution is 5.93. The van der Waals surface area contributed by atoms with Crippen LogP contribution in [0.15, 0.2) is 34.9 Å². The summed E-state index contributed by atoms with van der Waals surface area (Å²) in [6.45, 7) is 8.99. The number of esters is 2. The largest absolute Gasteiger partial charge is 0.454 e. The fraction of sp³-hybridized carbons (Fsp3) is 0.600. The summed E-state index contributed by atoms with van der Waals surface area (Å²) in [6, 6.07) is 0. The third-order valence-electron chi connectivity index (χ3n) is 6.22. The number of hydrogen-bond donors (Lipinski definition) is 2. The zero-order chi connectivity index (χ0) is 19.2. The average molecular weight is 362 g/mol. The number of rotatable bonds is 3. The van der Waals surface area contributed by atoms with Crippen LogP contribution in [0.5, 0.6) is 0 Å². The van der Waals surface area contributed by atoms with Crippen molar-refractivity contribution in [3.63, 3.8) is 0 Å². The molecule has 3 aliphatic rings. The highest BCUT2D eigenvalue weighted by Gasteiger charge is 2.59. The van der Waals surface area contributed by atoms with E-state index in [2.05, 4.69) is 6.58 Å². The van der Waals surface area contributed by atoms with Crippen molar-refractivity contribution >= 4 is 11.9 Å². The number of ether oxygens (including phenoxy) is 2. The maximum Gasteiger partial charge on any atom is 0.337 e. The molecule has 6 nitrogen and oxygen atoms in total. The van der Waals surface area contributed by atoms with Gasteiger partial charge in [0.05, 0.1) is 18.3 Å². The maximum atomic E-state index is 12.3. The van der Waals surface area contributed by atoms with Crippen molar-refractivity contribution in [1.82, 2.24) is 0 Å². The lowest BCUT2D eigenvalue weighted by molar-refractivity contribution is -0.159. The molecule has 142 valence electrons. The molecule has 5 atom stereocenters. The number of carbonyl (C=O) groups is 2. The van der Waals surface area contributed by atoms with Gasteiger partial charge in [0.25, 0.3) is 0 Å². The smallest absolute Gasteiger partial charge is 0.337 e. The molecule has 5 unspecified atom stereocenters. The van der Waals surface area contributed by atoms with E-state index in [1.165, 1.54) is 0 Å². The first-order valence-corrected chi connectivity index (χ1v) is 8.99. The Labute approximate surface area is 153 Å². The standard InChI is InChI=1S/C20H26O6/c1-5-10(2)18(23)25-13-8-20(4)14(22)7-6-11(3)16(20)17-15(13)12(9-21)19(24)26-17/h5,13-14,16-17,21-22H,3,6-9H2,1-2,4H3. The third kappa shape index (κ3) is 2.72. The Balaban J connectivity index is 2.06. The van der Waals surface area contributed by atoms with Crippen molar-refractivity contribution in [2.45, 2.75) is 58.3 Å². The summed E-state index contributed by atoms with van der Waals surface area (Å²) in [5, 5.41) is 20.4. The number of fused-ring (bicyclic) bond motifs is 3. The Kier molecular flexibility index (Phi) is 4.84. The van der Waals surface area contributed by atoms with Gasteiger partial charge in [-0.1, -0.05) is 25.2 Å². The summed E-state index contributed by atoms with van der Waals surface area (Å²) in [4.78, 5) is 24.6. The second kappa shape index (κ2) is 6.67. The number of aliphatic hydroxyl groups excluding tert-OH is 2. The van der Waals surface area contributed by atoms with Crippen LogP contribution < -0.4 is 0 Å². The number of allylic oxidation sites excluding steroid dienone is 1. The van der Waals surface area contributed by atoms with E-state index in [0.717, 1.165) is 5.57 Å². The normalized spacial score (nSPS) is 37.2. The average Bonchev–Trinajstić information content (AvgIpc) is 2.93. The number of hydrogen-bond acceptors (Lipinski definition) is 6. The lowest BCUT2D eigenvalue weighted by Gasteiger charge is -2.53. The first kappa shape index (κ1) is 18.9. The molecule has 0 bridgehead atoms. The van der Waals surface area contributed by atoms with Crippen LogP contribution >= 0.6 is 0 Å². The van der Waals surface area contributed by atoms with E-state index in [0.29, 0.717) is 30.4 Å². The maximum absolute atomic E-state index is 12.3. The van der Waals surface area contributed by atoms with Crippen molar-refractivity contribution in [3.05, 3.63) is 34.9 Å². The van der Waals surface area contributed by atoms with E-state index in [1.807, 2.05) is 6.92 Å². The Morgan fingerprint density at radius 2 is 2.19 bits per heavy atom. The molecule has 1 aliphatic heterocycles. The molecule has 2 aliphatic carbocycles. The number of carbonyl (C=O) groups excluding carboxylic acids is 2. The molecule has 6 heteroatoms. The second-order valence-corrected chi connectivity index (χ2v) is 7.68. The van der Waals surface area contributed by atoms with Gasteiger partial charge in [-0.15, -0.1) is 0 Å². The summed E-state index contributed by atoms with van der Waals surface area (Å²) in [7, 11) is 0. The molecule has 0 aromatic heterocycles. The van der Waals surface area contributed by atoms with Crippen LogP contribution in [0.4, 0.5) is 0 Å². The van der Waals surface area contributed by atoms with E-state index in [-0.39, 0.29) is 11.5 Å². The van der Waals surface area contributed by atoms with Gasteiger partial charge in [0.15, 0.2) is 0 Å². The Hall–Kier alpha value is -1.92. The van der Waals surface area contributed by atoms with Gasteiger partial charge in [0.1, 0.15) is 12.2 Å². The van der Waals surface area contributed by atoms with Gasteiger partial charge in [-0.05, 0) is 33.1 Å².